The van der Waals surface area contributed by atoms with Gasteiger partial charge in [0.1, 0.15) is 20.2 Å². The van der Waals surface area contributed by atoms with Gasteiger partial charge in [-0.15, -0.1) is 11.8 Å². The van der Waals surface area contributed by atoms with Gasteiger partial charge in [0.2, 0.25) is 0 Å². The molecular formula is C110H277N7O11S4. The monoisotopic (exact) mass is 2000 g/mol. The van der Waals surface area contributed by atoms with Crippen LogP contribution in [0.1, 0.15) is 497 Å². The molecule has 14 aliphatic rings. The molecule has 0 unspecified atom stereocenters. The van der Waals surface area contributed by atoms with Gasteiger partial charge in [-0.25, -0.2) is 4.40 Å². The zero-order valence-corrected chi connectivity index (χ0v) is 107. The van der Waals surface area contributed by atoms with Gasteiger partial charge in [-0.3, -0.25) is 15.3 Å². The third-order valence-corrected chi connectivity index (χ3v) is 14.7. The maximum absolute atomic E-state index is 5.07. The maximum Gasteiger partial charge on any atom is 0.169 e. The lowest BCUT2D eigenvalue weighted by Gasteiger charge is -2.10. The summed E-state index contributed by atoms with van der Waals surface area (Å²) in [5.74, 6) is 8.06. The van der Waals surface area contributed by atoms with Crippen LogP contribution in [0.4, 0.5) is 0 Å². The van der Waals surface area contributed by atoms with Crippen molar-refractivity contribution in [1.82, 2.24) is 21.3 Å². The smallest absolute Gasteiger partial charge is 0.169 e. The normalized spacial score (nSPS) is 14.7. The molecule has 11 fully saturated rings. The van der Waals surface area contributed by atoms with Crippen molar-refractivity contribution in [1.29, 1.82) is 0 Å². The SMILES string of the molecule is C1=NCCO1.C1=NCCS1.C1=NSCC1.C1CCNC1.C1CCNCC1.C1CCOC1.C1CCOCC1.C1CCSC1.C1CCSCC1.C1COCCN1.C1COCCO1.C1COCN1.C1COCO1.C1COCOC1.CC.CC.CC.CC.CC.CC.CC.CC.CC.CC.CC.CC.CC.CC.CC.CC.CC.CC.CC.CC.CC.CC.CC.CC.CC.CC.CC.CC. The number of nitrogens with zero attached hydrogens (tertiary/aromatic N) is 3. The van der Waals surface area contributed by atoms with Gasteiger partial charge in [0.15, 0.2) is 6.40 Å². The van der Waals surface area contributed by atoms with Crippen LogP contribution in [0.2, 0.25) is 0 Å². The van der Waals surface area contributed by atoms with E-state index in [1.165, 1.54) is 170 Å². The lowest BCUT2D eigenvalue weighted by Crippen LogP contribution is -2.30. The quantitative estimate of drug-likeness (QED) is 0.168. The van der Waals surface area contributed by atoms with E-state index < -0.39 is 0 Å². The number of hydrogen-bond acceptors (Lipinski definition) is 22. The second-order valence-corrected chi connectivity index (χ2v) is 22.1. The topological polar surface area (TPSA) is 187 Å². The molecule has 0 spiro atoms. The lowest BCUT2D eigenvalue weighted by molar-refractivity contribution is -0.0963. The summed E-state index contributed by atoms with van der Waals surface area (Å²) in [7, 11) is 0. The predicted octanol–water partition coefficient (Wildman–Crippen LogP) is 36.8. The summed E-state index contributed by atoms with van der Waals surface area (Å²) >= 11 is 7.59. The first kappa shape index (κ1) is 209. The van der Waals surface area contributed by atoms with Crippen LogP contribution in [0.25, 0.3) is 0 Å². The van der Waals surface area contributed by atoms with E-state index in [9.17, 15) is 0 Å². The minimum Gasteiger partial charge on any atom is -0.482 e. The van der Waals surface area contributed by atoms with Crippen molar-refractivity contribution in [2.45, 2.75) is 497 Å². The Hall–Kier alpha value is -0.350. The zero-order chi connectivity index (χ0) is 110. The number of thioether (sulfide) groups is 3. The second kappa shape index (κ2) is 384. The number of ether oxygens (including phenoxy) is 11. The molecule has 0 aromatic carbocycles. The first-order chi connectivity index (χ1) is 66.0. The number of morpholine rings is 1. The van der Waals surface area contributed by atoms with Crippen molar-refractivity contribution in [2.75, 3.05) is 219 Å². The molecule has 842 valence electrons. The van der Waals surface area contributed by atoms with E-state index in [4.69, 9.17) is 47.4 Å². The Morgan fingerprint density at radius 2 is 0.462 bits per heavy atom. The van der Waals surface area contributed by atoms with Crippen LogP contribution in [0.5, 0.6) is 0 Å². The van der Waals surface area contributed by atoms with Crippen molar-refractivity contribution in [3.05, 3.63) is 0 Å². The van der Waals surface area contributed by atoms with E-state index in [0.29, 0.717) is 13.6 Å². The zero-order valence-electron chi connectivity index (χ0n) is 103. The molecule has 14 heterocycles. The van der Waals surface area contributed by atoms with E-state index in [0.717, 1.165) is 152 Å². The average Bonchev–Trinajstić information content (AvgIpc) is 2.06. The highest BCUT2D eigenvalue weighted by Gasteiger charge is 2.00. The second-order valence-electron chi connectivity index (χ2n) is 17.8. The molecule has 0 amide bonds. The summed E-state index contributed by atoms with van der Waals surface area (Å²) in [5, 5.41) is 12.7. The molecule has 18 nitrogen and oxygen atoms in total. The van der Waals surface area contributed by atoms with Crippen LogP contribution in [0.15, 0.2) is 14.4 Å². The number of aliphatic imine (C=N–C) groups is 2. The van der Waals surface area contributed by atoms with Crippen LogP contribution in [-0.2, 0) is 52.1 Å². The fraction of sp³-hybridized carbons (Fsp3) is 0.973. The standard InChI is InChI=1S/C5H11N.C5H10O.C5H10S.C4H9NO.C4H9N.2C4H8O2.C4H8O.C4H8S.C3H7NO.C3H5NO.2C3H5NS.C3H6O2.28C2H6/c3*1-2-4-6-5-3-1;1-3-6-4-2-5-1;1-2-4-5-3-1;1-2-6-4-3-5-1;1-2-5-4-6-3-1;2*1-2-4-5-3-1;3*1-2-5-3-4-1;1-2-4-5-3-1;1-2-5-3-4-1;28*1-2/h6H,1-5H2;2*1-5H2;5H,1-4H2;5H,1-4H2;2*1-4H2;2*1-4H2;4H,1-3H2;2*3H,1-2H2;2H,1,3H2;1-3H2;28*1-2H3. The molecule has 0 radical (unpaired) electrons. The summed E-state index contributed by atoms with van der Waals surface area (Å²) in [6.45, 7) is 138. The Kier molecular flexibility index (Phi) is 608. The average molecular weight is 2000 g/mol. The van der Waals surface area contributed by atoms with Crippen LogP contribution >= 0.6 is 47.2 Å². The molecule has 22 heteroatoms. The first-order valence-electron chi connectivity index (χ1n) is 57.1. The molecule has 0 aliphatic carbocycles. The van der Waals surface area contributed by atoms with Crippen LogP contribution < -0.4 is 21.3 Å². The number of hydrogen-bond donors (Lipinski definition) is 4. The van der Waals surface area contributed by atoms with Gasteiger partial charge in [-0.1, -0.05) is 401 Å². The van der Waals surface area contributed by atoms with Gasteiger partial charge in [0.05, 0.1) is 91.5 Å². The third kappa shape index (κ3) is 375. The summed E-state index contributed by atoms with van der Waals surface area (Å²) in [6.07, 6.45) is 26.5. The van der Waals surface area contributed by atoms with Gasteiger partial charge < -0.3 is 68.1 Å². The molecule has 14 rings (SSSR count). The van der Waals surface area contributed by atoms with Crippen molar-refractivity contribution >= 4 is 65.4 Å². The Labute approximate surface area is 863 Å². The number of rotatable bonds is 0. The third-order valence-electron chi connectivity index (χ3n) is 10.9. The summed E-state index contributed by atoms with van der Waals surface area (Å²) in [4.78, 5) is 7.66. The molecule has 0 saturated carbocycles. The molecule has 0 atom stereocenters. The maximum atomic E-state index is 5.07. The Morgan fingerprint density at radius 1 is 0.205 bits per heavy atom. The van der Waals surface area contributed by atoms with Crippen molar-refractivity contribution in [3.8, 4) is 0 Å². The van der Waals surface area contributed by atoms with E-state index in [-0.39, 0.29) is 0 Å². The summed E-state index contributed by atoms with van der Waals surface area (Å²) in [6, 6.07) is 0. The molecule has 14 aliphatic heterocycles. The predicted molar refractivity (Wildman–Crippen MR) is 642 cm³/mol. The van der Waals surface area contributed by atoms with E-state index in [1.807, 2.05) is 399 Å². The fourth-order valence-electron chi connectivity index (χ4n) is 6.66. The Bertz CT molecular complexity index is 838. The molecule has 11 saturated heterocycles. The van der Waals surface area contributed by atoms with Crippen molar-refractivity contribution in [3.63, 3.8) is 0 Å². The van der Waals surface area contributed by atoms with Gasteiger partial charge >= 0.3 is 0 Å². The molecule has 0 bridgehead atoms. The van der Waals surface area contributed by atoms with Crippen LogP contribution in [0, 0.1) is 0 Å². The molecule has 132 heavy (non-hydrogen) atoms. The molecule has 4 N–H and O–H groups in total. The highest BCUT2D eigenvalue weighted by Crippen LogP contribution is 2.15. The van der Waals surface area contributed by atoms with Gasteiger partial charge in [-0.05, 0) is 157 Å². The minimum atomic E-state index is 0.500. The van der Waals surface area contributed by atoms with Crippen LogP contribution in [-0.4, -0.2) is 238 Å². The minimum absolute atomic E-state index is 0.500. The van der Waals surface area contributed by atoms with E-state index in [2.05, 4.69) is 63.9 Å². The highest BCUT2D eigenvalue weighted by atomic mass is 32.2. The Morgan fingerprint density at radius 3 is 0.568 bits per heavy atom. The number of nitrogens with one attached hydrogen (secondary N) is 4. The van der Waals surface area contributed by atoms with Crippen molar-refractivity contribution < 1.29 is 52.1 Å². The van der Waals surface area contributed by atoms with E-state index >= 15 is 0 Å². The largest absolute Gasteiger partial charge is 0.482 e. The van der Waals surface area contributed by atoms with Crippen molar-refractivity contribution in [2.24, 2.45) is 14.4 Å². The highest BCUT2D eigenvalue weighted by molar-refractivity contribution is 8.12. The summed E-state index contributed by atoms with van der Waals surface area (Å²) < 4.78 is 57.4. The summed E-state index contributed by atoms with van der Waals surface area (Å²) in [5.41, 5.74) is 1.90. The fourth-order valence-corrected chi connectivity index (χ4v) is 9.76. The molecule has 0 aromatic heterocycles. The number of piperidine rings is 1. The molecule has 0 aromatic rings. The lowest BCUT2D eigenvalue weighted by atomic mass is 10.2. The van der Waals surface area contributed by atoms with Gasteiger partial charge in [0, 0.05) is 70.3 Å². The Balaban J connectivity index is -0.0000000326. The van der Waals surface area contributed by atoms with Gasteiger partial charge in [0.25, 0.3) is 0 Å². The van der Waals surface area contributed by atoms with Crippen LogP contribution in [0.3, 0.4) is 0 Å². The first-order valence-corrected chi connectivity index (χ1v) is 61.4. The van der Waals surface area contributed by atoms with E-state index in [1.54, 1.807) is 23.7 Å². The van der Waals surface area contributed by atoms with Gasteiger partial charge in [-0.2, -0.15) is 23.5 Å². The molecular weight excluding hydrogens is 1720 g/mol.